The highest BCUT2D eigenvalue weighted by Crippen LogP contribution is 2.42. The predicted octanol–water partition coefficient (Wildman–Crippen LogP) is 3.54. The Labute approximate surface area is 169 Å². The molecule has 1 fully saturated rings. The summed E-state index contributed by atoms with van der Waals surface area (Å²) in [4.78, 5) is 40.2. The molecule has 27 heavy (non-hydrogen) atoms. The van der Waals surface area contributed by atoms with E-state index < -0.39 is 17.5 Å². The summed E-state index contributed by atoms with van der Waals surface area (Å²) < 4.78 is 0.915. The zero-order chi connectivity index (χ0) is 19.2. The Morgan fingerprint density at radius 1 is 1.37 bits per heavy atom. The van der Waals surface area contributed by atoms with Crippen molar-refractivity contribution in [3.05, 3.63) is 50.1 Å². The first-order valence-electron chi connectivity index (χ1n) is 8.68. The van der Waals surface area contributed by atoms with Crippen LogP contribution in [0.3, 0.4) is 0 Å². The molecule has 2 N–H and O–H groups in total. The van der Waals surface area contributed by atoms with Gasteiger partial charge in [-0.2, -0.15) is 0 Å². The third-order valence-corrected chi connectivity index (χ3v) is 6.57. The predicted molar refractivity (Wildman–Crippen MR) is 107 cm³/mol. The first-order chi connectivity index (χ1) is 12.9. The summed E-state index contributed by atoms with van der Waals surface area (Å²) in [6.45, 7) is 1.57. The molecule has 2 heterocycles. The van der Waals surface area contributed by atoms with Crippen molar-refractivity contribution in [2.75, 3.05) is 11.9 Å². The van der Waals surface area contributed by atoms with Gasteiger partial charge in [0.05, 0.1) is 0 Å². The van der Waals surface area contributed by atoms with Crippen LogP contribution in [0.5, 0.6) is 0 Å². The van der Waals surface area contributed by atoms with Crippen molar-refractivity contribution in [3.63, 3.8) is 0 Å². The number of fused-ring (bicyclic) bond motifs is 2. The van der Waals surface area contributed by atoms with Crippen LogP contribution >= 0.6 is 27.3 Å². The highest BCUT2D eigenvalue weighted by atomic mass is 79.9. The number of benzene rings is 1. The van der Waals surface area contributed by atoms with Crippen LogP contribution in [0.2, 0.25) is 0 Å². The highest BCUT2D eigenvalue weighted by molar-refractivity contribution is 9.10. The third-order valence-electron chi connectivity index (χ3n) is 5.10. The molecule has 1 aromatic heterocycles. The van der Waals surface area contributed by atoms with E-state index in [1.807, 2.05) is 30.5 Å². The Hall–Kier alpha value is -2.19. The van der Waals surface area contributed by atoms with Gasteiger partial charge in [-0.3, -0.25) is 14.5 Å². The number of nitrogens with one attached hydrogen (secondary N) is 2. The second-order valence-electron chi connectivity index (χ2n) is 6.85. The van der Waals surface area contributed by atoms with Crippen LogP contribution in [0.15, 0.2) is 34.1 Å². The number of amides is 4. The number of rotatable bonds is 3. The Balaban J connectivity index is 1.53. The van der Waals surface area contributed by atoms with Crippen molar-refractivity contribution in [1.29, 1.82) is 0 Å². The number of thiophene rings is 1. The number of anilines is 1. The molecule has 2 aromatic rings. The minimum Gasteiger partial charge on any atom is -0.324 e. The lowest BCUT2D eigenvalue weighted by molar-refractivity contribution is -0.134. The van der Waals surface area contributed by atoms with E-state index in [1.165, 1.54) is 0 Å². The molecule has 0 bridgehead atoms. The van der Waals surface area contributed by atoms with Crippen LogP contribution in [0.1, 0.15) is 28.8 Å². The molecule has 0 radical (unpaired) electrons. The number of imide groups is 1. The topological polar surface area (TPSA) is 78.5 Å². The van der Waals surface area contributed by atoms with Crippen molar-refractivity contribution in [3.8, 4) is 0 Å². The zero-order valence-electron chi connectivity index (χ0n) is 14.7. The second-order valence-corrected chi connectivity index (χ2v) is 8.76. The molecule has 1 aliphatic carbocycles. The fraction of sp³-hybridized carbons (Fsp3) is 0.316. The Bertz CT molecular complexity index is 957. The number of halogens is 1. The molecule has 1 spiro atoms. The number of nitrogens with zero attached hydrogens (tertiary/aromatic N) is 1. The van der Waals surface area contributed by atoms with E-state index in [0.717, 1.165) is 38.2 Å². The second kappa shape index (κ2) is 6.76. The van der Waals surface area contributed by atoms with Gasteiger partial charge >= 0.3 is 6.03 Å². The van der Waals surface area contributed by atoms with E-state index in [4.69, 9.17) is 0 Å². The lowest BCUT2D eigenvalue weighted by atomic mass is 9.80. The van der Waals surface area contributed by atoms with Crippen molar-refractivity contribution >= 4 is 50.8 Å². The molecule has 1 saturated heterocycles. The molecule has 1 aromatic carbocycles. The summed E-state index contributed by atoms with van der Waals surface area (Å²) in [5, 5.41) is 7.58. The van der Waals surface area contributed by atoms with E-state index in [9.17, 15) is 14.4 Å². The van der Waals surface area contributed by atoms with Gasteiger partial charge in [-0.15, -0.1) is 11.3 Å². The van der Waals surface area contributed by atoms with Crippen LogP contribution in [-0.4, -0.2) is 29.3 Å². The van der Waals surface area contributed by atoms with E-state index in [1.54, 1.807) is 17.4 Å². The smallest absolute Gasteiger partial charge is 0.324 e. The van der Waals surface area contributed by atoms with E-state index in [0.29, 0.717) is 12.1 Å². The molecule has 140 valence electrons. The number of aryl methyl sites for hydroxylation is 2. The maximum atomic E-state index is 13.1. The fourth-order valence-electron chi connectivity index (χ4n) is 3.79. The van der Waals surface area contributed by atoms with Crippen LogP contribution in [-0.2, 0) is 21.5 Å². The van der Waals surface area contributed by atoms with Crippen LogP contribution < -0.4 is 10.6 Å². The minimum atomic E-state index is -1.02. The minimum absolute atomic E-state index is 0.304. The quantitative estimate of drug-likeness (QED) is 0.706. The van der Waals surface area contributed by atoms with Crippen molar-refractivity contribution in [2.24, 2.45) is 0 Å². The maximum Gasteiger partial charge on any atom is 0.325 e. The Morgan fingerprint density at radius 2 is 2.19 bits per heavy atom. The Kier molecular flexibility index (Phi) is 4.55. The highest BCUT2D eigenvalue weighted by Gasteiger charge is 2.54. The van der Waals surface area contributed by atoms with Gasteiger partial charge in [-0.25, -0.2) is 4.79 Å². The summed E-state index contributed by atoms with van der Waals surface area (Å²) in [6, 6.07) is 6.89. The molecule has 1 aliphatic heterocycles. The lowest BCUT2D eigenvalue weighted by Crippen LogP contribution is -2.46. The zero-order valence-corrected chi connectivity index (χ0v) is 17.1. The summed E-state index contributed by atoms with van der Waals surface area (Å²) in [5.74, 6) is -0.739. The summed E-state index contributed by atoms with van der Waals surface area (Å²) in [5.41, 5.74) is 1.41. The number of hydrogen-bond donors (Lipinski definition) is 2. The van der Waals surface area contributed by atoms with Crippen LogP contribution in [0.25, 0.3) is 0 Å². The van der Waals surface area contributed by atoms with E-state index in [2.05, 4.69) is 26.6 Å². The van der Waals surface area contributed by atoms with Gasteiger partial charge < -0.3 is 10.6 Å². The van der Waals surface area contributed by atoms with Crippen molar-refractivity contribution in [1.82, 2.24) is 10.2 Å². The molecule has 8 heteroatoms. The molecule has 4 amide bonds. The molecule has 1 unspecified atom stereocenters. The van der Waals surface area contributed by atoms with Gasteiger partial charge in [0.1, 0.15) is 12.1 Å². The molecule has 4 rings (SSSR count). The van der Waals surface area contributed by atoms with Crippen molar-refractivity contribution in [2.45, 2.75) is 31.7 Å². The number of hydrogen-bond acceptors (Lipinski definition) is 4. The normalized spacial score (nSPS) is 21.3. The van der Waals surface area contributed by atoms with Crippen LogP contribution in [0, 0.1) is 6.92 Å². The maximum absolute atomic E-state index is 13.1. The first-order valence-corrected chi connectivity index (χ1v) is 10.3. The summed E-state index contributed by atoms with van der Waals surface area (Å²) in [6.07, 6.45) is 2.31. The molecule has 6 nitrogen and oxygen atoms in total. The van der Waals surface area contributed by atoms with E-state index >= 15 is 0 Å². The molecule has 2 aliphatic rings. The molecule has 0 saturated carbocycles. The van der Waals surface area contributed by atoms with Gasteiger partial charge in [0.2, 0.25) is 5.91 Å². The van der Waals surface area contributed by atoms with Gasteiger partial charge in [-0.1, -0.05) is 15.9 Å². The standard InChI is InChI=1S/C19H18BrN3O3S/c1-11-9-12(20)4-5-14(11)21-16(24)10-23-17(25)19(22-18(23)26)7-2-3-15-13(19)6-8-27-15/h4-6,8-9H,2-3,7,10H2,1H3,(H,21,24)(H,22,26). The van der Waals surface area contributed by atoms with Gasteiger partial charge in [-0.05, 0) is 61.4 Å². The Morgan fingerprint density at radius 3 is 2.96 bits per heavy atom. The van der Waals surface area contributed by atoms with Gasteiger partial charge in [0, 0.05) is 20.6 Å². The van der Waals surface area contributed by atoms with Crippen molar-refractivity contribution < 1.29 is 14.4 Å². The molecular weight excluding hydrogens is 430 g/mol. The third kappa shape index (κ3) is 3.06. The number of urea groups is 1. The first kappa shape index (κ1) is 18.2. The fourth-order valence-corrected chi connectivity index (χ4v) is 5.26. The lowest BCUT2D eigenvalue weighted by Gasteiger charge is -2.31. The average Bonchev–Trinajstić information content (AvgIpc) is 3.18. The molecular formula is C19H18BrN3O3S. The monoisotopic (exact) mass is 447 g/mol. The van der Waals surface area contributed by atoms with E-state index in [-0.39, 0.29) is 12.5 Å². The number of carbonyl (C=O) groups is 3. The average molecular weight is 448 g/mol. The SMILES string of the molecule is Cc1cc(Br)ccc1NC(=O)CN1C(=O)NC2(CCCc3sccc32)C1=O. The molecule has 1 atom stereocenters. The van der Waals surface area contributed by atoms with Gasteiger partial charge in [0.15, 0.2) is 0 Å². The summed E-state index contributed by atoms with van der Waals surface area (Å²) in [7, 11) is 0. The number of carbonyl (C=O) groups excluding carboxylic acids is 3. The largest absolute Gasteiger partial charge is 0.325 e. The van der Waals surface area contributed by atoms with Gasteiger partial charge in [0.25, 0.3) is 5.91 Å². The summed E-state index contributed by atoms with van der Waals surface area (Å²) >= 11 is 4.99. The van der Waals surface area contributed by atoms with Crippen LogP contribution in [0.4, 0.5) is 10.5 Å².